The number of hydrogen-bond acceptors (Lipinski definition) is 8. The van der Waals surface area contributed by atoms with Crippen LogP contribution in [0.5, 0.6) is 23.0 Å². The lowest BCUT2D eigenvalue weighted by Crippen LogP contribution is -2.20. The summed E-state index contributed by atoms with van der Waals surface area (Å²) >= 11 is 11.7. The number of ether oxygens (including phenoxy) is 4. The molecule has 4 aromatic carbocycles. The van der Waals surface area contributed by atoms with Crippen molar-refractivity contribution in [2.24, 2.45) is 0 Å². The minimum absolute atomic E-state index is 0.247. The third kappa shape index (κ3) is 11.8. The van der Waals surface area contributed by atoms with Crippen molar-refractivity contribution < 1.29 is 38.4 Å². The molecule has 0 radical (unpaired) electrons. The van der Waals surface area contributed by atoms with Gasteiger partial charge in [0.1, 0.15) is 5.76 Å². The van der Waals surface area contributed by atoms with Crippen LogP contribution in [0, 0.1) is 0 Å². The van der Waals surface area contributed by atoms with Crippen LogP contribution in [0.15, 0.2) is 109 Å². The molecule has 0 spiro atoms. The highest BCUT2D eigenvalue weighted by molar-refractivity contribution is 6.31. The SMILES string of the molecule is COc1cc(/C=C/C(=O)C=C(O)/C=C/c2ccc(OCC(=O)Nc3ccc(Cl)cc3)c(OC)c2)ccc1OCC(=O)Nc1ccc(Cl)cc1. The Labute approximate surface area is 293 Å². The molecule has 0 saturated carbocycles. The predicted octanol–water partition coefficient (Wildman–Crippen LogP) is 7.78. The summed E-state index contributed by atoms with van der Waals surface area (Å²) in [4.78, 5) is 37.0. The number of allylic oxidation sites excluding steroid dienone is 3. The first-order valence-corrected chi connectivity index (χ1v) is 15.4. The largest absolute Gasteiger partial charge is 0.508 e. The summed E-state index contributed by atoms with van der Waals surface area (Å²) in [5.74, 6) is -0.0282. The highest BCUT2D eigenvalue weighted by Gasteiger charge is 2.11. The van der Waals surface area contributed by atoms with Crippen LogP contribution in [-0.2, 0) is 14.4 Å². The van der Waals surface area contributed by atoms with Gasteiger partial charge < -0.3 is 34.7 Å². The molecule has 0 aliphatic rings. The van der Waals surface area contributed by atoms with Crippen LogP contribution in [0.25, 0.3) is 12.2 Å². The first kappa shape index (κ1) is 36.1. The Bertz CT molecular complexity index is 1870. The Balaban J connectivity index is 1.28. The van der Waals surface area contributed by atoms with E-state index >= 15 is 0 Å². The van der Waals surface area contributed by atoms with Crippen molar-refractivity contribution in [3.05, 3.63) is 130 Å². The predicted molar refractivity (Wildman–Crippen MR) is 191 cm³/mol. The molecule has 3 N–H and O–H groups in total. The quantitative estimate of drug-likeness (QED) is 0.0650. The fourth-order valence-corrected chi connectivity index (χ4v) is 4.42. The lowest BCUT2D eigenvalue weighted by molar-refractivity contribution is -0.118. The van der Waals surface area contributed by atoms with E-state index in [1.165, 1.54) is 26.4 Å². The molecule has 49 heavy (non-hydrogen) atoms. The number of carbonyl (C=O) groups is 3. The fourth-order valence-electron chi connectivity index (χ4n) is 4.16. The number of methoxy groups -OCH3 is 2. The highest BCUT2D eigenvalue weighted by atomic mass is 35.5. The number of nitrogens with one attached hydrogen (secondary N) is 2. The molecule has 0 aliphatic heterocycles. The van der Waals surface area contributed by atoms with Gasteiger partial charge in [0.05, 0.1) is 14.2 Å². The molecule has 4 aromatic rings. The molecule has 12 heteroatoms. The van der Waals surface area contributed by atoms with Crippen LogP contribution >= 0.6 is 23.2 Å². The van der Waals surface area contributed by atoms with E-state index in [1.54, 1.807) is 97.1 Å². The Morgan fingerprint density at radius 2 is 1.06 bits per heavy atom. The number of rotatable bonds is 15. The van der Waals surface area contributed by atoms with Gasteiger partial charge in [-0.1, -0.05) is 47.5 Å². The van der Waals surface area contributed by atoms with E-state index in [4.69, 9.17) is 42.1 Å². The minimum Gasteiger partial charge on any atom is -0.508 e. The maximum atomic E-state index is 12.5. The van der Waals surface area contributed by atoms with Crippen molar-refractivity contribution >= 4 is 64.3 Å². The van der Waals surface area contributed by atoms with Gasteiger partial charge in [-0.2, -0.15) is 0 Å². The summed E-state index contributed by atoms with van der Waals surface area (Å²) in [6.07, 6.45) is 6.85. The number of hydrogen-bond donors (Lipinski definition) is 3. The average molecular weight is 704 g/mol. The van der Waals surface area contributed by atoms with Crippen LogP contribution < -0.4 is 29.6 Å². The monoisotopic (exact) mass is 702 g/mol. The molecule has 0 saturated heterocycles. The zero-order valence-corrected chi connectivity index (χ0v) is 28.0. The van der Waals surface area contributed by atoms with Gasteiger partial charge in [-0.15, -0.1) is 0 Å². The van der Waals surface area contributed by atoms with Crippen LogP contribution in [0.4, 0.5) is 11.4 Å². The summed E-state index contributed by atoms with van der Waals surface area (Å²) in [5.41, 5.74) is 2.45. The molecule has 0 atom stereocenters. The van der Waals surface area contributed by atoms with E-state index in [-0.39, 0.29) is 30.8 Å². The third-order valence-electron chi connectivity index (χ3n) is 6.53. The molecule has 10 nitrogen and oxygen atoms in total. The van der Waals surface area contributed by atoms with E-state index in [0.717, 1.165) is 6.08 Å². The van der Waals surface area contributed by atoms with Crippen molar-refractivity contribution in [2.45, 2.75) is 0 Å². The Morgan fingerprint density at radius 1 is 0.633 bits per heavy atom. The molecular weight excluding hydrogens is 671 g/mol. The Morgan fingerprint density at radius 3 is 1.49 bits per heavy atom. The number of halogens is 2. The molecule has 0 aromatic heterocycles. The number of ketones is 1. The van der Waals surface area contributed by atoms with E-state index in [0.29, 0.717) is 55.5 Å². The number of aliphatic hydroxyl groups excluding tert-OH is 1. The van der Waals surface area contributed by atoms with E-state index in [2.05, 4.69) is 10.6 Å². The second-order valence-corrected chi connectivity index (χ2v) is 11.0. The summed E-state index contributed by atoms with van der Waals surface area (Å²) < 4.78 is 22.0. The van der Waals surface area contributed by atoms with Gasteiger partial charge in [0.15, 0.2) is 42.0 Å². The van der Waals surface area contributed by atoms with E-state index < -0.39 is 5.78 Å². The van der Waals surface area contributed by atoms with Crippen molar-refractivity contribution in [3.63, 3.8) is 0 Å². The Kier molecular flexibility index (Phi) is 13.3. The van der Waals surface area contributed by atoms with Crippen molar-refractivity contribution in [2.75, 3.05) is 38.1 Å². The minimum atomic E-state index is -0.460. The number of benzene rings is 4. The van der Waals surface area contributed by atoms with Crippen molar-refractivity contribution in [1.82, 2.24) is 0 Å². The second kappa shape index (κ2) is 18.0. The van der Waals surface area contributed by atoms with Crippen LogP contribution in [0.1, 0.15) is 11.1 Å². The van der Waals surface area contributed by atoms with Gasteiger partial charge in [0.25, 0.3) is 11.8 Å². The standard InChI is InChI=1S/C37H32Cl2N2O8/c1-46-34-19-24(5-17-32(34)48-22-36(44)40-28-11-7-26(38)8-12-28)3-15-30(42)21-31(43)16-4-25-6-18-33(35(20-25)47-2)49-23-37(45)41-29-13-9-27(39)10-14-29/h3-21,42H,22-23H2,1-2H3,(H,40,44)(H,41,45)/b15-3+,16-4+,30-21?. The van der Waals surface area contributed by atoms with Gasteiger partial charge in [0, 0.05) is 27.5 Å². The topological polar surface area (TPSA) is 132 Å². The first-order chi connectivity index (χ1) is 23.6. The number of aliphatic hydroxyl groups is 1. The molecule has 0 heterocycles. The van der Waals surface area contributed by atoms with Gasteiger partial charge in [-0.25, -0.2) is 0 Å². The number of amides is 2. The average Bonchev–Trinajstić information content (AvgIpc) is 3.10. The molecule has 252 valence electrons. The van der Waals surface area contributed by atoms with Crippen molar-refractivity contribution in [1.29, 1.82) is 0 Å². The number of anilines is 2. The molecule has 0 fully saturated rings. The number of carbonyl (C=O) groups excluding carboxylic acids is 3. The highest BCUT2D eigenvalue weighted by Crippen LogP contribution is 2.30. The molecule has 0 aliphatic carbocycles. The van der Waals surface area contributed by atoms with Crippen LogP contribution in [0.2, 0.25) is 10.0 Å². The maximum Gasteiger partial charge on any atom is 0.262 e. The van der Waals surface area contributed by atoms with E-state index in [1.807, 2.05) is 0 Å². The van der Waals surface area contributed by atoms with Gasteiger partial charge in [-0.05, 0) is 96.1 Å². The molecule has 2 amide bonds. The molecular formula is C37H32Cl2N2O8. The zero-order valence-electron chi connectivity index (χ0n) is 26.4. The van der Waals surface area contributed by atoms with Gasteiger partial charge in [0.2, 0.25) is 0 Å². The van der Waals surface area contributed by atoms with E-state index in [9.17, 15) is 19.5 Å². The lowest BCUT2D eigenvalue weighted by atomic mass is 10.1. The summed E-state index contributed by atoms with van der Waals surface area (Å²) in [5, 5.41) is 16.8. The van der Waals surface area contributed by atoms with Crippen LogP contribution in [-0.4, -0.2) is 50.1 Å². The third-order valence-corrected chi connectivity index (χ3v) is 7.03. The Hall–Kier alpha value is -5.71. The smallest absolute Gasteiger partial charge is 0.262 e. The van der Waals surface area contributed by atoms with Crippen LogP contribution in [0.3, 0.4) is 0 Å². The van der Waals surface area contributed by atoms with Crippen molar-refractivity contribution in [3.8, 4) is 23.0 Å². The van der Waals surface area contributed by atoms with Gasteiger partial charge >= 0.3 is 0 Å². The first-order valence-electron chi connectivity index (χ1n) is 14.6. The summed E-state index contributed by atoms with van der Waals surface area (Å²) in [6, 6.07) is 23.3. The summed E-state index contributed by atoms with van der Waals surface area (Å²) in [6.45, 7) is -0.498. The zero-order chi connectivity index (χ0) is 35.2. The second-order valence-electron chi connectivity index (χ2n) is 10.1. The van der Waals surface area contributed by atoms with Gasteiger partial charge in [-0.3, -0.25) is 14.4 Å². The fraction of sp³-hybridized carbons (Fsp3) is 0.108. The summed E-state index contributed by atoms with van der Waals surface area (Å²) in [7, 11) is 2.92. The maximum absolute atomic E-state index is 12.5. The normalized spacial score (nSPS) is 11.3. The molecule has 0 unspecified atom stereocenters. The molecule has 0 bridgehead atoms. The molecule has 4 rings (SSSR count). The lowest BCUT2D eigenvalue weighted by Gasteiger charge is -2.11.